The number of nitro benzene ring substituents is 1. The average Bonchev–Trinajstić information content (AvgIpc) is 3.88. The van der Waals surface area contributed by atoms with Gasteiger partial charge in [-0.15, -0.1) is 0 Å². The first kappa shape index (κ1) is 46.5. The first-order valence-corrected chi connectivity index (χ1v) is 25.3. The van der Waals surface area contributed by atoms with Gasteiger partial charge in [-0.3, -0.25) is 24.6 Å². The molecule has 0 radical (unpaired) electrons. The van der Waals surface area contributed by atoms with Crippen LogP contribution in [0.2, 0.25) is 5.02 Å². The van der Waals surface area contributed by atoms with Crippen molar-refractivity contribution in [2.75, 3.05) is 49.5 Å². The third-order valence-corrected chi connectivity index (χ3v) is 16.3. The van der Waals surface area contributed by atoms with Crippen molar-refractivity contribution in [1.29, 1.82) is 0 Å². The zero-order valence-corrected chi connectivity index (χ0v) is 40.6. The monoisotopic (exact) mass is 977 g/mol. The van der Waals surface area contributed by atoms with Gasteiger partial charge in [0.15, 0.2) is 17.0 Å². The number of nitrogens with zero attached hydrogens (tertiary/aromatic N) is 6. The average molecular weight is 979 g/mol. The summed E-state index contributed by atoms with van der Waals surface area (Å²) < 4.78 is 39.4. The summed E-state index contributed by atoms with van der Waals surface area (Å²) in [6.07, 6.45) is 7.38. The van der Waals surface area contributed by atoms with Crippen LogP contribution in [0.15, 0.2) is 88.2 Å². The van der Waals surface area contributed by atoms with Gasteiger partial charge in [-0.1, -0.05) is 43.2 Å². The van der Waals surface area contributed by atoms with Gasteiger partial charge in [0.25, 0.3) is 27.2 Å². The quantitative estimate of drug-likeness (QED) is 0.0766. The Morgan fingerprint density at radius 2 is 1.75 bits per heavy atom. The molecule has 4 aliphatic rings. The number of pyridine rings is 1. The summed E-state index contributed by atoms with van der Waals surface area (Å²) in [5, 5.41) is 27.6. The van der Waals surface area contributed by atoms with Gasteiger partial charge < -0.3 is 25.0 Å². The molecule has 10 rings (SSSR count). The second-order valence-electron chi connectivity index (χ2n) is 20.2. The van der Waals surface area contributed by atoms with E-state index in [1.165, 1.54) is 27.5 Å². The molecular weight excluding hydrogens is 922 g/mol. The van der Waals surface area contributed by atoms with Gasteiger partial charge in [0, 0.05) is 74.2 Å². The minimum absolute atomic E-state index is 0.0278. The highest BCUT2D eigenvalue weighted by atomic mass is 35.5. The number of aromatic amines is 1. The number of hydrogen-bond donors (Lipinski definition) is 4. The molecular formula is C50H56ClN9O8S. The number of carbonyl (C=O) groups is 1. The maximum absolute atomic E-state index is 14.5. The van der Waals surface area contributed by atoms with Gasteiger partial charge in [0.2, 0.25) is 0 Å². The Morgan fingerprint density at radius 3 is 2.48 bits per heavy atom. The molecule has 3 aromatic heterocycles. The summed E-state index contributed by atoms with van der Waals surface area (Å²) in [5.74, 6) is -0.959. The Labute approximate surface area is 404 Å². The van der Waals surface area contributed by atoms with E-state index in [-0.39, 0.29) is 52.2 Å². The number of piperazine rings is 1. The molecule has 2 fully saturated rings. The van der Waals surface area contributed by atoms with Gasteiger partial charge in [0.05, 0.1) is 38.2 Å². The fourth-order valence-electron chi connectivity index (χ4n) is 10.7. The standard InChI is InChI=1S/C50H56ClN9O8S/c1-49(2)15-11-33(38(27-49)30-5-7-34(51)8-6-30)28-57-19-21-58(22-20-57)35-9-10-37(40(24-35)59-41-23-32-14-18-52-46(32)54-45(41)48(62)56(59)4)47(61)55-69(66,67)36-25-42(60(64)65)44-43(26-36)68-29-39(53-44)31-12-16-50(3,63)17-13-31/h5-10,14,18,23-26,31,39,53,63H,11-13,15-17,19-22,27-29H2,1-4H3,(H,52,54)(H,55,61)/t31?,39-,50?/m0/s1. The number of anilines is 2. The molecule has 362 valence electrons. The number of rotatable bonds is 10. The number of aliphatic hydroxyl groups is 1. The van der Waals surface area contributed by atoms with Crippen LogP contribution in [0.4, 0.5) is 17.1 Å². The molecule has 1 amide bonds. The summed E-state index contributed by atoms with van der Waals surface area (Å²) in [6.45, 7) is 10.3. The smallest absolute Gasteiger partial charge is 0.297 e. The zero-order chi connectivity index (χ0) is 48.6. The number of carbonyl (C=O) groups excluding carboxylic acids is 1. The molecule has 2 aliphatic heterocycles. The van der Waals surface area contributed by atoms with Gasteiger partial charge in [-0.25, -0.2) is 27.5 Å². The van der Waals surface area contributed by atoms with E-state index < -0.39 is 42.6 Å². The maximum Gasteiger partial charge on any atom is 0.297 e. The second kappa shape index (κ2) is 17.6. The van der Waals surface area contributed by atoms with Crippen LogP contribution < -0.4 is 25.2 Å². The van der Waals surface area contributed by atoms with E-state index in [1.807, 2.05) is 18.2 Å². The molecule has 5 heterocycles. The molecule has 17 nitrogen and oxygen atoms in total. The van der Waals surface area contributed by atoms with E-state index in [2.05, 4.69) is 55.8 Å². The lowest BCUT2D eigenvalue weighted by atomic mass is 9.72. The molecule has 69 heavy (non-hydrogen) atoms. The van der Waals surface area contributed by atoms with Crippen molar-refractivity contribution in [2.45, 2.75) is 82.3 Å². The number of fused-ring (bicyclic) bond motifs is 3. The molecule has 0 spiro atoms. The number of halogens is 1. The van der Waals surface area contributed by atoms with Crippen LogP contribution in [0, 0.1) is 21.4 Å². The first-order chi connectivity index (χ1) is 32.8. The minimum atomic E-state index is -4.75. The molecule has 6 aromatic rings. The number of H-pyrrole nitrogens is 1. The minimum Gasteiger partial charge on any atom is -0.489 e. The molecule has 19 heteroatoms. The highest BCUT2D eigenvalue weighted by Gasteiger charge is 2.38. The second-order valence-corrected chi connectivity index (χ2v) is 22.3. The Hall–Kier alpha value is -6.21. The lowest BCUT2D eigenvalue weighted by molar-refractivity contribution is -0.384. The van der Waals surface area contributed by atoms with Crippen LogP contribution in [-0.4, -0.2) is 99.6 Å². The van der Waals surface area contributed by atoms with Crippen molar-refractivity contribution in [1.82, 2.24) is 29.0 Å². The van der Waals surface area contributed by atoms with Gasteiger partial charge in [0.1, 0.15) is 12.3 Å². The van der Waals surface area contributed by atoms with Gasteiger partial charge >= 0.3 is 0 Å². The van der Waals surface area contributed by atoms with E-state index in [9.17, 15) is 33.2 Å². The largest absolute Gasteiger partial charge is 0.489 e. The molecule has 1 saturated heterocycles. The van der Waals surface area contributed by atoms with Crippen LogP contribution in [0.5, 0.6) is 5.75 Å². The number of sulfonamides is 1. The van der Waals surface area contributed by atoms with E-state index in [1.54, 1.807) is 49.1 Å². The maximum atomic E-state index is 14.5. The fraction of sp³-hybridized carbons (Fsp3) is 0.420. The van der Waals surface area contributed by atoms with E-state index in [0.717, 1.165) is 56.0 Å². The zero-order valence-electron chi connectivity index (χ0n) is 39.0. The first-order valence-electron chi connectivity index (χ1n) is 23.5. The Morgan fingerprint density at radius 1 is 1.01 bits per heavy atom. The number of nitro groups is 1. The summed E-state index contributed by atoms with van der Waals surface area (Å²) in [6, 6.07) is 18.7. The Bertz CT molecular complexity index is 3230. The summed E-state index contributed by atoms with van der Waals surface area (Å²) in [7, 11) is -3.19. The van der Waals surface area contributed by atoms with Crippen molar-refractivity contribution >= 4 is 72.2 Å². The lowest BCUT2D eigenvalue weighted by Gasteiger charge is -2.39. The van der Waals surface area contributed by atoms with Crippen LogP contribution in [0.25, 0.3) is 33.3 Å². The van der Waals surface area contributed by atoms with Crippen LogP contribution in [-0.2, 0) is 17.1 Å². The van der Waals surface area contributed by atoms with Crippen molar-refractivity contribution in [3.8, 4) is 11.4 Å². The van der Waals surface area contributed by atoms with Crippen LogP contribution >= 0.6 is 11.6 Å². The van der Waals surface area contributed by atoms with Crippen molar-refractivity contribution in [2.24, 2.45) is 18.4 Å². The topological polar surface area (TPSA) is 210 Å². The predicted molar refractivity (Wildman–Crippen MR) is 266 cm³/mol. The normalized spacial score (nSPS) is 22.0. The molecule has 3 aromatic carbocycles. The van der Waals surface area contributed by atoms with Gasteiger partial charge in [-0.2, -0.15) is 0 Å². The number of aromatic nitrogens is 4. The van der Waals surface area contributed by atoms with Crippen molar-refractivity contribution in [3.63, 3.8) is 0 Å². The van der Waals surface area contributed by atoms with Crippen molar-refractivity contribution < 1.29 is 28.0 Å². The SMILES string of the molecule is Cn1c(=O)c2nc3[nH]ccc3cc2n1-c1cc(N2CCN(CC3=C(c4ccc(Cl)cc4)CC(C)(C)CC3)CC2)ccc1C(=O)NS(=O)(=O)c1cc2c(c([N+](=O)[O-])c1)N[C@H](C1CCC(C)(O)CC1)CO2. The fourth-order valence-corrected chi connectivity index (χ4v) is 11.8. The van der Waals surface area contributed by atoms with Gasteiger partial charge in [-0.05, 0) is 117 Å². The third kappa shape index (κ3) is 9.10. The predicted octanol–water partition coefficient (Wildman–Crippen LogP) is 7.79. The van der Waals surface area contributed by atoms with E-state index >= 15 is 0 Å². The van der Waals surface area contributed by atoms with Crippen molar-refractivity contribution in [3.05, 3.63) is 115 Å². The number of amides is 1. The molecule has 0 unspecified atom stereocenters. The Kier molecular flexibility index (Phi) is 11.9. The molecule has 0 bridgehead atoms. The summed E-state index contributed by atoms with van der Waals surface area (Å²) >= 11 is 6.27. The van der Waals surface area contributed by atoms with E-state index in [0.29, 0.717) is 55.0 Å². The number of allylic oxidation sites excluding steroid dienone is 1. The van der Waals surface area contributed by atoms with E-state index in [4.69, 9.17) is 16.3 Å². The molecule has 2 aliphatic carbocycles. The Balaban J connectivity index is 0.947. The van der Waals surface area contributed by atoms with Crippen LogP contribution in [0.3, 0.4) is 0 Å². The molecule has 1 saturated carbocycles. The summed E-state index contributed by atoms with van der Waals surface area (Å²) in [4.78, 5) is 51.9. The molecule has 1 atom stereocenters. The third-order valence-electron chi connectivity index (χ3n) is 14.7. The number of nitrogens with one attached hydrogen (secondary N) is 3. The number of hydrogen-bond acceptors (Lipinski definition) is 12. The molecule has 4 N–H and O–H groups in total. The number of ether oxygens (including phenoxy) is 1. The summed E-state index contributed by atoms with van der Waals surface area (Å²) in [5.41, 5.74) is 4.58. The number of benzene rings is 3. The lowest BCUT2D eigenvalue weighted by Crippen LogP contribution is -2.47. The van der Waals surface area contributed by atoms with Crippen LogP contribution in [0.1, 0.15) is 81.6 Å². The highest BCUT2D eigenvalue weighted by molar-refractivity contribution is 7.90. The highest BCUT2D eigenvalue weighted by Crippen LogP contribution is 2.45.